The van der Waals surface area contributed by atoms with Gasteiger partial charge >= 0.3 is 0 Å². The fraction of sp³-hybridized carbons (Fsp3) is 0.333. The maximum absolute atomic E-state index is 13.3. The molecule has 2 aliphatic heterocycles. The van der Waals surface area contributed by atoms with Gasteiger partial charge in [-0.2, -0.15) is 0 Å². The molecule has 0 unspecified atom stereocenters. The van der Waals surface area contributed by atoms with Crippen LogP contribution in [0.5, 0.6) is 0 Å². The molecule has 0 N–H and O–H groups in total. The van der Waals surface area contributed by atoms with E-state index in [-0.39, 0.29) is 17.9 Å². The largest absolute Gasteiger partial charge is 0.299 e. The molecule has 2 amide bonds. The summed E-state index contributed by atoms with van der Waals surface area (Å²) in [5, 5.41) is 0. The Morgan fingerprint density at radius 3 is 2.14 bits per heavy atom. The van der Waals surface area contributed by atoms with E-state index in [2.05, 4.69) is 29.2 Å². The normalized spacial score (nSPS) is 18.7. The highest BCUT2D eigenvalue weighted by Gasteiger charge is 2.43. The average Bonchev–Trinajstić information content (AvgIpc) is 3.00. The second-order valence-electron chi connectivity index (χ2n) is 7.48. The molecule has 4 nitrogen and oxygen atoms in total. The van der Waals surface area contributed by atoms with Crippen molar-refractivity contribution in [2.75, 3.05) is 18.8 Å². The Morgan fingerprint density at radius 2 is 1.52 bits per heavy atom. The van der Waals surface area contributed by atoms with Gasteiger partial charge in [0.1, 0.15) is 0 Å². The van der Waals surface area contributed by atoms with Crippen LogP contribution in [0.2, 0.25) is 0 Å². The predicted octanol–water partition coefficient (Wildman–Crippen LogP) is 4.18. The lowest BCUT2D eigenvalue weighted by Gasteiger charge is -2.36. The van der Waals surface area contributed by atoms with E-state index in [0.717, 1.165) is 43.8 Å². The van der Waals surface area contributed by atoms with Gasteiger partial charge in [0.15, 0.2) is 0 Å². The number of piperidine rings is 1. The van der Waals surface area contributed by atoms with E-state index in [4.69, 9.17) is 0 Å². The number of likely N-dealkylation sites (tertiary alicyclic amines) is 1. The summed E-state index contributed by atoms with van der Waals surface area (Å²) in [5.41, 5.74) is 2.72. The number of benzene rings is 2. The van der Waals surface area contributed by atoms with Crippen LogP contribution in [0.25, 0.3) is 5.57 Å². The smallest absolute Gasteiger partial charge is 0.268 e. The molecule has 2 aromatic rings. The van der Waals surface area contributed by atoms with Crippen molar-refractivity contribution in [2.45, 2.75) is 32.4 Å². The third-order valence-electron chi connectivity index (χ3n) is 5.60. The number of amides is 2. The molecule has 29 heavy (non-hydrogen) atoms. The number of imide groups is 1. The van der Waals surface area contributed by atoms with Crippen LogP contribution in [0.1, 0.15) is 30.9 Å². The molecule has 0 saturated carbocycles. The van der Waals surface area contributed by atoms with Crippen LogP contribution in [0.4, 0.5) is 0 Å². The van der Waals surface area contributed by atoms with Crippen LogP contribution in [-0.4, -0.2) is 46.5 Å². The zero-order valence-corrected chi connectivity index (χ0v) is 17.5. The Morgan fingerprint density at radius 1 is 0.897 bits per heavy atom. The number of carbonyl (C=O) groups excluding carboxylic acids is 2. The van der Waals surface area contributed by atoms with Crippen LogP contribution in [0, 0.1) is 0 Å². The standard InChI is InChI=1S/C24H26N2O2S/c1-2-29-22-21(19-11-7-4-8-12-19)23(27)26(24(22)28)20-13-15-25(16-14-20)17-18-9-5-3-6-10-18/h3-12,20H,2,13-17H2,1H3. The zero-order chi connectivity index (χ0) is 20.2. The molecule has 0 atom stereocenters. The second-order valence-corrected chi connectivity index (χ2v) is 8.75. The van der Waals surface area contributed by atoms with Crippen molar-refractivity contribution in [3.63, 3.8) is 0 Å². The maximum Gasteiger partial charge on any atom is 0.268 e. The Hall–Kier alpha value is -2.37. The van der Waals surface area contributed by atoms with Crippen molar-refractivity contribution in [1.82, 2.24) is 9.80 Å². The van der Waals surface area contributed by atoms with Crippen molar-refractivity contribution in [1.29, 1.82) is 0 Å². The molecule has 1 saturated heterocycles. The molecule has 4 rings (SSSR count). The van der Waals surface area contributed by atoms with Gasteiger partial charge in [-0.1, -0.05) is 67.6 Å². The molecule has 0 aromatic heterocycles. The van der Waals surface area contributed by atoms with Gasteiger partial charge in [-0.3, -0.25) is 19.4 Å². The van der Waals surface area contributed by atoms with Crippen LogP contribution in [0.3, 0.4) is 0 Å². The van der Waals surface area contributed by atoms with Gasteiger partial charge in [-0.15, -0.1) is 11.8 Å². The number of nitrogens with zero attached hydrogens (tertiary/aromatic N) is 2. The number of rotatable bonds is 6. The lowest BCUT2D eigenvalue weighted by Crippen LogP contribution is -2.47. The molecule has 0 radical (unpaired) electrons. The SMILES string of the molecule is CCSC1=C(c2ccccc2)C(=O)N(C2CCN(Cc3ccccc3)CC2)C1=O. The van der Waals surface area contributed by atoms with Gasteiger partial charge in [-0.25, -0.2) is 0 Å². The Labute approximate surface area is 176 Å². The predicted molar refractivity (Wildman–Crippen MR) is 118 cm³/mol. The summed E-state index contributed by atoms with van der Waals surface area (Å²) in [6.45, 7) is 4.73. The molecule has 5 heteroatoms. The lowest BCUT2D eigenvalue weighted by molar-refractivity contribution is -0.140. The molecule has 0 spiro atoms. The Kier molecular flexibility index (Phi) is 6.16. The topological polar surface area (TPSA) is 40.6 Å². The lowest BCUT2D eigenvalue weighted by atomic mass is 10.0. The van der Waals surface area contributed by atoms with Gasteiger partial charge < -0.3 is 0 Å². The van der Waals surface area contributed by atoms with Crippen LogP contribution >= 0.6 is 11.8 Å². The highest BCUT2D eigenvalue weighted by atomic mass is 32.2. The Balaban J connectivity index is 1.47. The van der Waals surface area contributed by atoms with Gasteiger partial charge in [0.05, 0.1) is 10.5 Å². The van der Waals surface area contributed by atoms with Crippen LogP contribution in [0.15, 0.2) is 65.6 Å². The summed E-state index contributed by atoms with van der Waals surface area (Å²) in [4.78, 5) is 31.0. The van der Waals surface area contributed by atoms with Gasteiger partial charge in [0.2, 0.25) is 0 Å². The molecule has 150 valence electrons. The summed E-state index contributed by atoms with van der Waals surface area (Å²) in [5.74, 6) is 0.537. The summed E-state index contributed by atoms with van der Waals surface area (Å²) in [6.07, 6.45) is 1.66. The average molecular weight is 407 g/mol. The molecular weight excluding hydrogens is 380 g/mol. The number of hydrogen-bond acceptors (Lipinski definition) is 4. The summed E-state index contributed by atoms with van der Waals surface area (Å²) in [7, 11) is 0. The third-order valence-corrected chi connectivity index (χ3v) is 6.55. The third kappa shape index (κ3) is 4.16. The second kappa shape index (κ2) is 8.97. The fourth-order valence-corrected chi connectivity index (χ4v) is 5.03. The quantitative estimate of drug-likeness (QED) is 0.675. The number of hydrogen-bond donors (Lipinski definition) is 0. The first kappa shape index (κ1) is 19.9. The molecule has 2 heterocycles. The summed E-state index contributed by atoms with van der Waals surface area (Å²) >= 11 is 1.48. The van der Waals surface area contributed by atoms with Crippen LogP contribution in [-0.2, 0) is 16.1 Å². The minimum atomic E-state index is -0.126. The highest BCUT2D eigenvalue weighted by molar-refractivity contribution is 8.04. The van der Waals surface area contributed by atoms with E-state index in [1.807, 2.05) is 43.3 Å². The van der Waals surface area contributed by atoms with Crippen molar-refractivity contribution in [3.05, 3.63) is 76.7 Å². The molecule has 2 aliphatic rings. The van der Waals surface area contributed by atoms with Crippen molar-refractivity contribution in [3.8, 4) is 0 Å². The van der Waals surface area contributed by atoms with E-state index < -0.39 is 0 Å². The van der Waals surface area contributed by atoms with Crippen molar-refractivity contribution in [2.24, 2.45) is 0 Å². The van der Waals surface area contributed by atoms with E-state index in [9.17, 15) is 9.59 Å². The minimum Gasteiger partial charge on any atom is -0.299 e. The maximum atomic E-state index is 13.3. The molecule has 0 aliphatic carbocycles. The van der Waals surface area contributed by atoms with E-state index in [1.165, 1.54) is 17.3 Å². The first-order chi connectivity index (χ1) is 14.2. The molecular formula is C24H26N2O2S. The first-order valence-electron chi connectivity index (χ1n) is 10.3. The number of carbonyl (C=O) groups is 2. The monoisotopic (exact) mass is 406 g/mol. The van der Waals surface area contributed by atoms with E-state index in [1.54, 1.807) is 4.90 Å². The first-order valence-corrected chi connectivity index (χ1v) is 11.2. The van der Waals surface area contributed by atoms with E-state index in [0.29, 0.717) is 10.5 Å². The van der Waals surface area contributed by atoms with Gasteiger partial charge in [0.25, 0.3) is 11.8 Å². The molecule has 0 bridgehead atoms. The van der Waals surface area contributed by atoms with E-state index >= 15 is 0 Å². The summed E-state index contributed by atoms with van der Waals surface area (Å²) in [6, 6.07) is 20.0. The Bertz CT molecular complexity index is 903. The van der Waals surface area contributed by atoms with Crippen molar-refractivity contribution < 1.29 is 9.59 Å². The molecule has 2 aromatic carbocycles. The fourth-order valence-electron chi connectivity index (χ4n) is 4.17. The van der Waals surface area contributed by atoms with Gasteiger partial charge in [0, 0.05) is 25.7 Å². The zero-order valence-electron chi connectivity index (χ0n) is 16.7. The van der Waals surface area contributed by atoms with Crippen LogP contribution < -0.4 is 0 Å². The van der Waals surface area contributed by atoms with Gasteiger partial charge in [-0.05, 0) is 29.7 Å². The molecule has 1 fully saturated rings. The summed E-state index contributed by atoms with van der Waals surface area (Å²) < 4.78 is 0. The highest BCUT2D eigenvalue weighted by Crippen LogP contribution is 2.38. The number of thioether (sulfide) groups is 1. The van der Waals surface area contributed by atoms with Crippen molar-refractivity contribution >= 4 is 29.1 Å². The minimum absolute atomic E-state index is 0.0179.